The molecule has 1 atom stereocenters. The van der Waals surface area contributed by atoms with Crippen LogP contribution in [0.5, 0.6) is 5.75 Å². The average Bonchev–Trinajstić information content (AvgIpc) is 2.70. The van der Waals surface area contributed by atoms with Crippen molar-refractivity contribution in [3.05, 3.63) is 57.8 Å². The van der Waals surface area contributed by atoms with Crippen molar-refractivity contribution in [3.63, 3.8) is 0 Å². The zero-order valence-electron chi connectivity index (χ0n) is 17.6. The first-order valence-corrected chi connectivity index (χ1v) is 10.1. The first-order chi connectivity index (χ1) is 14.0. The molecular formula is C22H30N2O5. The molecule has 7 nitrogen and oxygen atoms in total. The van der Waals surface area contributed by atoms with Crippen molar-refractivity contribution >= 4 is 5.97 Å². The lowest BCUT2D eigenvalue weighted by Crippen LogP contribution is -2.29. The Morgan fingerprint density at radius 3 is 2.48 bits per heavy atom. The van der Waals surface area contributed by atoms with Crippen molar-refractivity contribution in [2.45, 2.75) is 53.2 Å². The highest BCUT2D eigenvalue weighted by molar-refractivity contribution is 5.75. The summed E-state index contributed by atoms with van der Waals surface area (Å²) in [5, 5.41) is 0. The van der Waals surface area contributed by atoms with Gasteiger partial charge in [-0.05, 0) is 38.5 Å². The molecule has 1 heterocycles. The zero-order valence-corrected chi connectivity index (χ0v) is 17.6. The Morgan fingerprint density at radius 2 is 1.86 bits per heavy atom. The molecule has 0 fully saturated rings. The van der Waals surface area contributed by atoms with Crippen molar-refractivity contribution in [2.24, 2.45) is 0 Å². The molecule has 0 bridgehead atoms. The largest absolute Gasteiger partial charge is 0.492 e. The van der Waals surface area contributed by atoms with Gasteiger partial charge >= 0.3 is 5.97 Å². The predicted molar refractivity (Wildman–Crippen MR) is 110 cm³/mol. The van der Waals surface area contributed by atoms with Crippen LogP contribution in [0.1, 0.15) is 37.9 Å². The predicted octanol–water partition coefficient (Wildman–Crippen LogP) is 2.70. The van der Waals surface area contributed by atoms with Crippen LogP contribution in [-0.2, 0) is 33.7 Å². The molecule has 158 valence electrons. The molecule has 0 saturated carbocycles. The van der Waals surface area contributed by atoms with Crippen LogP contribution in [0, 0.1) is 6.92 Å². The molecule has 1 aromatic heterocycles. The molecule has 1 unspecified atom stereocenters. The third kappa shape index (κ3) is 6.71. The van der Waals surface area contributed by atoms with E-state index in [-0.39, 0.29) is 11.5 Å². The highest BCUT2D eigenvalue weighted by Crippen LogP contribution is 2.15. The lowest BCUT2D eigenvalue weighted by molar-refractivity contribution is -0.156. The quantitative estimate of drug-likeness (QED) is 0.538. The zero-order chi connectivity index (χ0) is 21.2. The second kappa shape index (κ2) is 11.4. The molecule has 0 amide bonds. The standard InChI is InChI=1S/C22H30N2O5/c1-5-20-23-16(4)14-21(25)24(20)12-13-29-18-10-8-17(9-11-18)15-19(27-6-2)22(26)28-7-3/h8-11,14,19H,5-7,12-13,15H2,1-4H3. The Balaban J connectivity index is 1.94. The van der Waals surface area contributed by atoms with Gasteiger partial charge in [0.25, 0.3) is 5.56 Å². The number of aromatic nitrogens is 2. The molecular weight excluding hydrogens is 372 g/mol. The minimum Gasteiger partial charge on any atom is -0.492 e. The molecule has 29 heavy (non-hydrogen) atoms. The summed E-state index contributed by atoms with van der Waals surface area (Å²) in [7, 11) is 0. The van der Waals surface area contributed by atoms with Gasteiger partial charge in [-0.3, -0.25) is 9.36 Å². The maximum Gasteiger partial charge on any atom is 0.335 e. The summed E-state index contributed by atoms with van der Waals surface area (Å²) < 4.78 is 18.0. The van der Waals surface area contributed by atoms with E-state index >= 15 is 0 Å². The molecule has 7 heteroatoms. The number of ether oxygens (including phenoxy) is 3. The summed E-state index contributed by atoms with van der Waals surface area (Å²) in [6, 6.07) is 9.03. The molecule has 0 aliphatic heterocycles. The number of aryl methyl sites for hydroxylation is 2. The van der Waals surface area contributed by atoms with Gasteiger partial charge in [0.1, 0.15) is 18.2 Å². The molecule has 2 rings (SSSR count). The van der Waals surface area contributed by atoms with Gasteiger partial charge in [-0.1, -0.05) is 19.1 Å². The molecule has 0 radical (unpaired) electrons. The van der Waals surface area contributed by atoms with E-state index < -0.39 is 6.10 Å². The Morgan fingerprint density at radius 1 is 1.14 bits per heavy atom. The Hall–Kier alpha value is -2.67. The number of hydrogen-bond acceptors (Lipinski definition) is 6. The van der Waals surface area contributed by atoms with E-state index in [1.165, 1.54) is 6.07 Å². The van der Waals surface area contributed by atoms with E-state index in [4.69, 9.17) is 14.2 Å². The molecule has 0 N–H and O–H groups in total. The maximum atomic E-state index is 12.2. The van der Waals surface area contributed by atoms with Gasteiger partial charge in [0.05, 0.1) is 13.2 Å². The highest BCUT2D eigenvalue weighted by atomic mass is 16.6. The fourth-order valence-corrected chi connectivity index (χ4v) is 3.03. The Bertz CT molecular complexity index is 845. The first-order valence-electron chi connectivity index (χ1n) is 10.1. The Labute approximate surface area is 171 Å². The number of benzene rings is 1. The number of hydrogen-bond donors (Lipinski definition) is 0. The number of carbonyl (C=O) groups is 1. The summed E-state index contributed by atoms with van der Waals surface area (Å²) >= 11 is 0. The smallest absolute Gasteiger partial charge is 0.335 e. The van der Waals surface area contributed by atoms with E-state index in [1.54, 1.807) is 11.5 Å². The SMILES string of the molecule is CCOC(=O)C(Cc1ccc(OCCn2c(CC)nc(C)cc2=O)cc1)OCC. The number of carbonyl (C=O) groups excluding carboxylic acids is 1. The molecule has 0 spiro atoms. The van der Waals surface area contributed by atoms with Crippen molar-refractivity contribution in [2.75, 3.05) is 19.8 Å². The monoisotopic (exact) mass is 402 g/mol. The van der Waals surface area contributed by atoms with Gasteiger partial charge in [0.2, 0.25) is 0 Å². The maximum absolute atomic E-state index is 12.2. The minimum atomic E-state index is -0.611. The fourth-order valence-electron chi connectivity index (χ4n) is 3.03. The topological polar surface area (TPSA) is 79.7 Å². The van der Waals surface area contributed by atoms with Crippen LogP contribution in [0.15, 0.2) is 35.1 Å². The normalized spacial score (nSPS) is 11.9. The van der Waals surface area contributed by atoms with E-state index in [1.807, 2.05) is 45.0 Å². The van der Waals surface area contributed by atoms with Crippen molar-refractivity contribution in [1.29, 1.82) is 0 Å². The lowest BCUT2D eigenvalue weighted by Gasteiger charge is -2.16. The number of esters is 1. The molecule has 1 aromatic carbocycles. The second-order valence-electron chi connectivity index (χ2n) is 6.55. The third-order valence-electron chi connectivity index (χ3n) is 4.38. The van der Waals surface area contributed by atoms with Gasteiger partial charge in [0.15, 0.2) is 6.10 Å². The average molecular weight is 402 g/mol. The van der Waals surface area contributed by atoms with Gasteiger partial charge in [-0.25, -0.2) is 9.78 Å². The van der Waals surface area contributed by atoms with Crippen LogP contribution in [-0.4, -0.2) is 41.4 Å². The number of rotatable bonds is 11. The molecule has 0 saturated heterocycles. The van der Waals surface area contributed by atoms with E-state index in [0.29, 0.717) is 45.0 Å². The third-order valence-corrected chi connectivity index (χ3v) is 4.38. The fraction of sp³-hybridized carbons (Fsp3) is 0.500. The van der Waals surface area contributed by atoms with Gasteiger partial charge < -0.3 is 14.2 Å². The summed E-state index contributed by atoms with van der Waals surface area (Å²) in [6.45, 7) is 8.99. The second-order valence-corrected chi connectivity index (χ2v) is 6.55. The van der Waals surface area contributed by atoms with Crippen LogP contribution in [0.4, 0.5) is 0 Å². The summed E-state index contributed by atoms with van der Waals surface area (Å²) in [6.07, 6.45) is 0.518. The van der Waals surface area contributed by atoms with Crippen molar-refractivity contribution in [3.8, 4) is 5.75 Å². The molecule has 0 aliphatic rings. The van der Waals surface area contributed by atoms with Gasteiger partial charge in [0, 0.05) is 31.2 Å². The molecule has 2 aromatic rings. The first kappa shape index (κ1) is 22.6. The van der Waals surface area contributed by atoms with Crippen LogP contribution in [0.2, 0.25) is 0 Å². The molecule has 0 aliphatic carbocycles. The van der Waals surface area contributed by atoms with E-state index in [2.05, 4.69) is 4.98 Å². The van der Waals surface area contributed by atoms with E-state index in [0.717, 1.165) is 17.1 Å². The Kier molecular flexibility index (Phi) is 8.86. The minimum absolute atomic E-state index is 0.0609. The number of nitrogens with zero attached hydrogens (tertiary/aromatic N) is 2. The summed E-state index contributed by atoms with van der Waals surface area (Å²) in [4.78, 5) is 28.6. The van der Waals surface area contributed by atoms with Crippen molar-refractivity contribution < 1.29 is 19.0 Å². The van der Waals surface area contributed by atoms with Crippen LogP contribution >= 0.6 is 0 Å². The van der Waals surface area contributed by atoms with Gasteiger partial charge in [-0.2, -0.15) is 0 Å². The van der Waals surface area contributed by atoms with Crippen LogP contribution < -0.4 is 10.3 Å². The summed E-state index contributed by atoms with van der Waals surface area (Å²) in [5.74, 6) is 1.11. The van der Waals surface area contributed by atoms with E-state index in [9.17, 15) is 9.59 Å². The van der Waals surface area contributed by atoms with Crippen LogP contribution in [0.3, 0.4) is 0 Å². The van der Waals surface area contributed by atoms with Crippen LogP contribution in [0.25, 0.3) is 0 Å². The summed E-state index contributed by atoms with van der Waals surface area (Å²) in [5.41, 5.74) is 1.62. The highest BCUT2D eigenvalue weighted by Gasteiger charge is 2.20. The lowest BCUT2D eigenvalue weighted by atomic mass is 10.1. The van der Waals surface area contributed by atoms with Crippen molar-refractivity contribution in [1.82, 2.24) is 9.55 Å². The van der Waals surface area contributed by atoms with Gasteiger partial charge in [-0.15, -0.1) is 0 Å².